The third-order valence-electron chi connectivity index (χ3n) is 3.50. The van der Waals surface area contributed by atoms with E-state index in [2.05, 4.69) is 15.5 Å². The highest BCUT2D eigenvalue weighted by atomic mass is 16.5. The number of rotatable bonds is 6. The molecule has 22 heavy (non-hydrogen) atoms. The summed E-state index contributed by atoms with van der Waals surface area (Å²) in [4.78, 5) is 16.4. The topological polar surface area (TPSA) is 88.2 Å². The molecule has 0 bridgehead atoms. The zero-order chi connectivity index (χ0) is 16.2. The Hall–Kier alpha value is -2.21. The van der Waals surface area contributed by atoms with Crippen LogP contribution in [-0.4, -0.2) is 21.2 Å². The largest absolute Gasteiger partial charge is 0.385 e. The summed E-state index contributed by atoms with van der Waals surface area (Å²) in [6.07, 6.45) is 0.600. The number of carbonyl (C=O) groups is 1. The first-order chi connectivity index (χ1) is 10.4. The van der Waals surface area contributed by atoms with E-state index in [1.54, 1.807) is 26.0 Å². The summed E-state index contributed by atoms with van der Waals surface area (Å²) in [5, 5.41) is 17.2. The van der Waals surface area contributed by atoms with Crippen molar-refractivity contribution in [1.82, 2.24) is 15.5 Å². The van der Waals surface area contributed by atoms with E-state index in [1.807, 2.05) is 25.1 Å². The Bertz CT molecular complexity index is 623. The van der Waals surface area contributed by atoms with E-state index in [0.29, 0.717) is 23.7 Å². The first kappa shape index (κ1) is 16.2. The number of nitrogens with one attached hydrogen (secondary N) is 1. The molecular weight excluding hydrogens is 282 g/mol. The van der Waals surface area contributed by atoms with Gasteiger partial charge in [-0.3, -0.25) is 4.79 Å². The van der Waals surface area contributed by atoms with Gasteiger partial charge >= 0.3 is 0 Å². The fourth-order valence-corrected chi connectivity index (χ4v) is 2.26. The van der Waals surface area contributed by atoms with Crippen LogP contribution in [0.5, 0.6) is 0 Å². The molecular formula is C16H21N3O3. The van der Waals surface area contributed by atoms with Gasteiger partial charge in [0.15, 0.2) is 5.82 Å². The van der Waals surface area contributed by atoms with Gasteiger partial charge in [-0.25, -0.2) is 0 Å². The van der Waals surface area contributed by atoms with Gasteiger partial charge in [0, 0.05) is 6.92 Å². The van der Waals surface area contributed by atoms with Gasteiger partial charge < -0.3 is 14.9 Å². The monoisotopic (exact) mass is 303 g/mol. The summed E-state index contributed by atoms with van der Waals surface area (Å²) in [6.45, 7) is 5.25. The average Bonchev–Trinajstić information content (AvgIpc) is 2.91. The maximum Gasteiger partial charge on any atom is 0.223 e. The van der Waals surface area contributed by atoms with Crippen molar-refractivity contribution >= 4 is 5.91 Å². The first-order valence-corrected chi connectivity index (χ1v) is 7.30. The predicted molar refractivity (Wildman–Crippen MR) is 80.8 cm³/mol. The SMILES string of the molecule is CCC(NC(=O)CC(C)(O)c1ccccc1)c1noc(C)n1. The Labute approximate surface area is 129 Å². The van der Waals surface area contributed by atoms with Crippen LogP contribution in [0.3, 0.4) is 0 Å². The van der Waals surface area contributed by atoms with E-state index < -0.39 is 5.60 Å². The van der Waals surface area contributed by atoms with Crippen molar-refractivity contribution < 1.29 is 14.4 Å². The standard InChI is InChI=1S/C16H21N3O3/c1-4-13(15-17-11(2)22-19-15)18-14(20)10-16(3,21)12-8-6-5-7-9-12/h5-9,13,21H,4,10H2,1-3H3,(H,18,20). The highest BCUT2D eigenvalue weighted by Crippen LogP contribution is 2.24. The van der Waals surface area contributed by atoms with Crippen LogP contribution in [0.15, 0.2) is 34.9 Å². The maximum atomic E-state index is 12.2. The summed E-state index contributed by atoms with van der Waals surface area (Å²) in [6, 6.07) is 8.81. The summed E-state index contributed by atoms with van der Waals surface area (Å²) in [5.74, 6) is 0.648. The van der Waals surface area contributed by atoms with Crippen LogP contribution in [-0.2, 0) is 10.4 Å². The van der Waals surface area contributed by atoms with Gasteiger partial charge in [-0.2, -0.15) is 4.98 Å². The molecule has 0 fully saturated rings. The average molecular weight is 303 g/mol. The lowest BCUT2D eigenvalue weighted by Crippen LogP contribution is -2.35. The zero-order valence-electron chi connectivity index (χ0n) is 13.0. The molecule has 0 saturated heterocycles. The first-order valence-electron chi connectivity index (χ1n) is 7.30. The summed E-state index contributed by atoms with van der Waals surface area (Å²) >= 11 is 0. The number of aromatic nitrogens is 2. The minimum atomic E-state index is -1.23. The van der Waals surface area contributed by atoms with Crippen molar-refractivity contribution in [3.63, 3.8) is 0 Å². The number of hydrogen-bond donors (Lipinski definition) is 2. The molecule has 6 nitrogen and oxygen atoms in total. The molecule has 1 aromatic heterocycles. The molecule has 0 aliphatic carbocycles. The fourth-order valence-electron chi connectivity index (χ4n) is 2.26. The van der Waals surface area contributed by atoms with Crippen LogP contribution in [0.1, 0.15) is 50.0 Å². The molecule has 0 radical (unpaired) electrons. The number of aliphatic hydroxyl groups is 1. The maximum absolute atomic E-state index is 12.2. The molecule has 2 N–H and O–H groups in total. The molecule has 1 amide bonds. The number of aryl methyl sites for hydroxylation is 1. The zero-order valence-corrected chi connectivity index (χ0v) is 13.0. The van der Waals surface area contributed by atoms with Gasteiger partial charge in [0.2, 0.25) is 11.8 Å². The highest BCUT2D eigenvalue weighted by molar-refractivity contribution is 5.77. The summed E-state index contributed by atoms with van der Waals surface area (Å²) < 4.78 is 4.94. The molecule has 118 valence electrons. The molecule has 1 aromatic carbocycles. The number of carbonyl (C=O) groups excluding carboxylic acids is 1. The predicted octanol–water partition coefficient (Wildman–Crippen LogP) is 2.24. The molecule has 0 saturated carbocycles. The van der Waals surface area contributed by atoms with Crippen molar-refractivity contribution in [2.45, 2.75) is 45.3 Å². The molecule has 0 aliphatic rings. The van der Waals surface area contributed by atoms with Crippen molar-refractivity contribution in [3.8, 4) is 0 Å². The Morgan fingerprint density at radius 3 is 2.64 bits per heavy atom. The molecule has 6 heteroatoms. The number of benzene rings is 1. The van der Waals surface area contributed by atoms with Gasteiger partial charge in [0.1, 0.15) is 0 Å². The van der Waals surface area contributed by atoms with Crippen LogP contribution in [0.25, 0.3) is 0 Å². The second kappa shape index (κ2) is 6.70. The highest BCUT2D eigenvalue weighted by Gasteiger charge is 2.28. The van der Waals surface area contributed by atoms with Crippen LogP contribution >= 0.6 is 0 Å². The molecule has 2 unspecified atom stereocenters. The van der Waals surface area contributed by atoms with Crippen LogP contribution < -0.4 is 5.32 Å². The third-order valence-corrected chi connectivity index (χ3v) is 3.50. The van der Waals surface area contributed by atoms with E-state index in [9.17, 15) is 9.90 Å². The molecule has 1 heterocycles. The van der Waals surface area contributed by atoms with Gasteiger partial charge in [0.25, 0.3) is 0 Å². The second-order valence-electron chi connectivity index (χ2n) is 5.52. The van der Waals surface area contributed by atoms with Crippen LogP contribution in [0.4, 0.5) is 0 Å². The smallest absolute Gasteiger partial charge is 0.223 e. The van der Waals surface area contributed by atoms with Crippen molar-refractivity contribution in [3.05, 3.63) is 47.6 Å². The summed E-state index contributed by atoms with van der Waals surface area (Å²) in [5.41, 5.74) is -0.523. The minimum Gasteiger partial charge on any atom is -0.385 e. The lowest BCUT2D eigenvalue weighted by atomic mass is 9.92. The summed E-state index contributed by atoms with van der Waals surface area (Å²) in [7, 11) is 0. The van der Waals surface area contributed by atoms with Gasteiger partial charge in [-0.15, -0.1) is 0 Å². The Morgan fingerprint density at radius 1 is 1.41 bits per heavy atom. The molecule has 0 spiro atoms. The molecule has 2 atom stereocenters. The molecule has 2 aromatic rings. The van der Waals surface area contributed by atoms with Crippen molar-refractivity contribution in [2.24, 2.45) is 0 Å². The van der Waals surface area contributed by atoms with Crippen LogP contribution in [0, 0.1) is 6.92 Å². The minimum absolute atomic E-state index is 0.0374. The van der Waals surface area contributed by atoms with Crippen molar-refractivity contribution in [1.29, 1.82) is 0 Å². The van der Waals surface area contributed by atoms with E-state index in [1.165, 1.54) is 0 Å². The molecule has 0 aliphatic heterocycles. The number of hydrogen-bond acceptors (Lipinski definition) is 5. The lowest BCUT2D eigenvalue weighted by molar-refractivity contribution is -0.126. The fraction of sp³-hybridized carbons (Fsp3) is 0.438. The van der Waals surface area contributed by atoms with Gasteiger partial charge in [-0.05, 0) is 18.9 Å². The molecule has 2 rings (SSSR count). The van der Waals surface area contributed by atoms with Crippen molar-refractivity contribution in [2.75, 3.05) is 0 Å². The van der Waals surface area contributed by atoms with E-state index in [-0.39, 0.29) is 18.4 Å². The van der Waals surface area contributed by atoms with E-state index in [4.69, 9.17) is 4.52 Å². The van der Waals surface area contributed by atoms with E-state index >= 15 is 0 Å². The normalized spacial score (nSPS) is 15.1. The Balaban J connectivity index is 2.02. The number of nitrogens with zero attached hydrogens (tertiary/aromatic N) is 2. The third kappa shape index (κ3) is 3.92. The quantitative estimate of drug-likeness (QED) is 0.854. The van der Waals surface area contributed by atoms with E-state index in [0.717, 1.165) is 0 Å². The number of amides is 1. The van der Waals surface area contributed by atoms with Gasteiger partial charge in [-0.1, -0.05) is 42.4 Å². The van der Waals surface area contributed by atoms with Gasteiger partial charge in [0.05, 0.1) is 18.1 Å². The Kier molecular flexibility index (Phi) is 4.92. The lowest BCUT2D eigenvalue weighted by Gasteiger charge is -2.24. The van der Waals surface area contributed by atoms with Crippen LogP contribution in [0.2, 0.25) is 0 Å². The second-order valence-corrected chi connectivity index (χ2v) is 5.52. The Morgan fingerprint density at radius 2 is 2.09 bits per heavy atom.